The molecule has 0 saturated carbocycles. The van der Waals surface area contributed by atoms with Crippen molar-refractivity contribution in [3.8, 4) is 11.5 Å². The number of nitrogens with zero attached hydrogens (tertiary/aromatic N) is 4. The molecule has 4 rings (SSSR count). The van der Waals surface area contributed by atoms with Gasteiger partial charge in [-0.15, -0.1) is 0 Å². The summed E-state index contributed by atoms with van der Waals surface area (Å²) in [5, 5.41) is 11.6. The van der Waals surface area contributed by atoms with Crippen LogP contribution in [0.3, 0.4) is 0 Å². The maximum absolute atomic E-state index is 13.3. The van der Waals surface area contributed by atoms with Gasteiger partial charge >= 0.3 is 13.4 Å². The van der Waals surface area contributed by atoms with Crippen molar-refractivity contribution in [3.05, 3.63) is 76.1 Å². The van der Waals surface area contributed by atoms with Crippen molar-refractivity contribution in [3.63, 3.8) is 0 Å². The SMILES string of the molecule is C=C/C=C\c1ncc(Oc2cc(C(C)OP(=O)(N3CC3)N3CC3)ccc2[N+](=O)[O-])cc1C. The van der Waals surface area contributed by atoms with Crippen molar-refractivity contribution in [2.45, 2.75) is 20.0 Å². The van der Waals surface area contributed by atoms with Crippen LogP contribution in [0, 0.1) is 17.0 Å². The first-order chi connectivity index (χ1) is 15.3. The molecule has 0 radical (unpaired) electrons. The number of aromatic nitrogens is 1. The van der Waals surface area contributed by atoms with Crippen LogP contribution in [0.25, 0.3) is 6.08 Å². The number of aryl methyl sites for hydroxylation is 1. The van der Waals surface area contributed by atoms with Gasteiger partial charge in [-0.05, 0) is 49.2 Å². The molecule has 0 bridgehead atoms. The lowest BCUT2D eigenvalue weighted by Gasteiger charge is -2.24. The van der Waals surface area contributed by atoms with Crippen molar-refractivity contribution in [1.82, 2.24) is 14.3 Å². The predicted octanol–water partition coefficient (Wildman–Crippen LogP) is 5.11. The van der Waals surface area contributed by atoms with Crippen LogP contribution in [-0.4, -0.2) is 45.4 Å². The highest BCUT2D eigenvalue weighted by molar-refractivity contribution is 7.54. The smallest absolute Gasteiger partial charge is 0.346 e. The average Bonchev–Trinajstić information content (AvgIpc) is 3.64. The Kier molecular flexibility index (Phi) is 6.26. The highest BCUT2D eigenvalue weighted by atomic mass is 31.2. The molecule has 0 spiro atoms. The zero-order valence-corrected chi connectivity index (χ0v) is 18.9. The van der Waals surface area contributed by atoms with Crippen LogP contribution in [0.2, 0.25) is 0 Å². The Hall–Kier alpha value is -2.84. The van der Waals surface area contributed by atoms with Crippen LogP contribution in [-0.2, 0) is 9.09 Å². The van der Waals surface area contributed by atoms with Gasteiger partial charge in [0.15, 0.2) is 0 Å². The van der Waals surface area contributed by atoms with E-state index in [0.29, 0.717) is 11.3 Å². The summed E-state index contributed by atoms with van der Waals surface area (Å²) in [6.07, 6.45) is 6.24. The number of ether oxygens (including phenoxy) is 1. The Bertz CT molecular complexity index is 1110. The van der Waals surface area contributed by atoms with Crippen LogP contribution in [0.1, 0.15) is 29.8 Å². The summed E-state index contributed by atoms with van der Waals surface area (Å²) in [6.45, 7) is 10.3. The lowest BCUT2D eigenvalue weighted by Crippen LogP contribution is -2.10. The highest BCUT2D eigenvalue weighted by Gasteiger charge is 2.50. The minimum absolute atomic E-state index is 0.0758. The number of nitro benzene ring substituents is 1. The van der Waals surface area contributed by atoms with Gasteiger partial charge in [0.25, 0.3) is 0 Å². The van der Waals surface area contributed by atoms with E-state index in [-0.39, 0.29) is 11.4 Å². The van der Waals surface area contributed by atoms with Crippen molar-refractivity contribution >= 4 is 19.4 Å². The molecule has 1 unspecified atom stereocenters. The van der Waals surface area contributed by atoms with Gasteiger partial charge in [0.2, 0.25) is 5.75 Å². The summed E-state index contributed by atoms with van der Waals surface area (Å²) in [7, 11) is -3.03. The van der Waals surface area contributed by atoms with E-state index >= 15 is 0 Å². The summed E-state index contributed by atoms with van der Waals surface area (Å²) >= 11 is 0. The number of benzene rings is 1. The third-order valence-electron chi connectivity index (χ3n) is 5.22. The Balaban J connectivity index is 1.59. The van der Waals surface area contributed by atoms with E-state index < -0.39 is 18.7 Å². The quantitative estimate of drug-likeness (QED) is 0.160. The second kappa shape index (κ2) is 8.96. The molecule has 1 aromatic heterocycles. The minimum Gasteiger partial charge on any atom is -0.448 e. The number of hydrogen-bond donors (Lipinski definition) is 0. The van der Waals surface area contributed by atoms with Gasteiger partial charge in [-0.2, -0.15) is 0 Å². The molecule has 0 N–H and O–H groups in total. The Morgan fingerprint density at radius 2 is 1.94 bits per heavy atom. The standard InChI is InChI=1S/C22H25N4O5P/c1-4-5-6-20-16(2)13-19(15-23-20)30-22-14-18(7-8-21(22)26(27)28)17(3)31-32(29,24-9-10-24)25-11-12-25/h4-8,13-15,17H,1,9-12H2,2-3H3/b6-5-. The number of hydrogen-bond acceptors (Lipinski definition) is 6. The fraction of sp³-hybridized carbons (Fsp3) is 0.318. The summed E-state index contributed by atoms with van der Waals surface area (Å²) in [5.74, 6) is 0.456. The Morgan fingerprint density at radius 3 is 2.50 bits per heavy atom. The molecule has 1 aromatic carbocycles. The number of pyridine rings is 1. The Morgan fingerprint density at radius 1 is 1.25 bits per heavy atom. The third kappa shape index (κ3) is 4.81. The van der Waals surface area contributed by atoms with Crippen molar-refractivity contribution in [1.29, 1.82) is 0 Å². The molecule has 0 amide bonds. The molecule has 0 aliphatic carbocycles. The Labute approximate surface area is 186 Å². The van der Waals surface area contributed by atoms with Gasteiger partial charge in [-0.3, -0.25) is 24.2 Å². The second-order valence-electron chi connectivity index (χ2n) is 7.70. The highest BCUT2D eigenvalue weighted by Crippen LogP contribution is 2.63. The number of rotatable bonds is 10. The lowest BCUT2D eigenvalue weighted by molar-refractivity contribution is -0.385. The molecule has 2 aliphatic rings. The van der Waals surface area contributed by atoms with E-state index in [1.54, 1.807) is 37.3 Å². The van der Waals surface area contributed by atoms with Crippen LogP contribution in [0.5, 0.6) is 11.5 Å². The van der Waals surface area contributed by atoms with E-state index in [1.165, 1.54) is 12.3 Å². The molecule has 32 heavy (non-hydrogen) atoms. The molecular weight excluding hydrogens is 431 g/mol. The molecule has 2 fully saturated rings. The molecule has 3 heterocycles. The molecule has 2 aromatic rings. The predicted molar refractivity (Wildman–Crippen MR) is 122 cm³/mol. The van der Waals surface area contributed by atoms with Crippen LogP contribution in [0.15, 0.2) is 49.2 Å². The fourth-order valence-corrected chi connectivity index (χ4v) is 5.61. The zero-order chi connectivity index (χ0) is 22.9. The van der Waals surface area contributed by atoms with Crippen LogP contribution < -0.4 is 4.74 Å². The van der Waals surface area contributed by atoms with E-state index in [0.717, 1.165) is 37.4 Å². The van der Waals surface area contributed by atoms with Gasteiger partial charge in [0, 0.05) is 32.2 Å². The zero-order valence-electron chi connectivity index (χ0n) is 18.0. The van der Waals surface area contributed by atoms with Crippen molar-refractivity contribution in [2.24, 2.45) is 0 Å². The van der Waals surface area contributed by atoms with Crippen molar-refractivity contribution < 1.29 is 18.7 Å². The van der Waals surface area contributed by atoms with Gasteiger partial charge in [0.1, 0.15) is 5.75 Å². The van der Waals surface area contributed by atoms with Crippen LogP contribution >= 0.6 is 7.67 Å². The number of allylic oxidation sites excluding steroid dienone is 2. The molecule has 10 heteroatoms. The maximum atomic E-state index is 13.3. The molecular formula is C22H25N4O5P. The minimum atomic E-state index is -3.03. The first-order valence-corrected chi connectivity index (χ1v) is 11.9. The van der Waals surface area contributed by atoms with Crippen molar-refractivity contribution in [2.75, 3.05) is 26.2 Å². The second-order valence-corrected chi connectivity index (χ2v) is 10.0. The van der Waals surface area contributed by atoms with Gasteiger partial charge in [0.05, 0.1) is 22.9 Å². The van der Waals surface area contributed by atoms with E-state index in [2.05, 4.69) is 11.6 Å². The van der Waals surface area contributed by atoms with Gasteiger partial charge in [-0.25, -0.2) is 9.34 Å². The summed E-state index contributed by atoms with van der Waals surface area (Å²) in [4.78, 5) is 15.4. The summed E-state index contributed by atoms with van der Waals surface area (Å²) in [6, 6.07) is 6.32. The van der Waals surface area contributed by atoms with Gasteiger partial charge in [-0.1, -0.05) is 18.7 Å². The topological polar surface area (TPSA) is 97.6 Å². The maximum Gasteiger partial charge on any atom is 0.346 e. The van der Waals surface area contributed by atoms with E-state index in [1.807, 2.05) is 22.3 Å². The van der Waals surface area contributed by atoms with Crippen LogP contribution in [0.4, 0.5) is 5.69 Å². The monoisotopic (exact) mass is 456 g/mol. The summed E-state index contributed by atoms with van der Waals surface area (Å²) < 4.78 is 28.8. The number of nitro groups is 1. The average molecular weight is 456 g/mol. The van der Waals surface area contributed by atoms with Gasteiger partial charge < -0.3 is 4.74 Å². The summed E-state index contributed by atoms with van der Waals surface area (Å²) in [5.41, 5.74) is 2.08. The molecule has 2 saturated heterocycles. The first-order valence-electron chi connectivity index (χ1n) is 10.3. The normalized spacial score (nSPS) is 17.3. The molecule has 168 valence electrons. The molecule has 2 aliphatic heterocycles. The van der Waals surface area contributed by atoms with E-state index in [4.69, 9.17) is 9.26 Å². The largest absolute Gasteiger partial charge is 0.448 e. The molecule has 9 nitrogen and oxygen atoms in total. The van der Waals surface area contributed by atoms with E-state index in [9.17, 15) is 14.7 Å². The first kappa shape index (κ1) is 22.4. The molecule has 1 atom stereocenters. The fourth-order valence-electron chi connectivity index (χ4n) is 3.27. The lowest BCUT2D eigenvalue weighted by atomic mass is 10.1. The third-order valence-corrected chi connectivity index (χ3v) is 8.04.